The van der Waals surface area contributed by atoms with E-state index in [1.807, 2.05) is 41.5 Å². The molecule has 9 nitrogen and oxygen atoms in total. The molecule has 0 unspecified atom stereocenters. The molecule has 2 aromatic rings. The fourth-order valence-electron chi connectivity index (χ4n) is 1.44. The van der Waals surface area contributed by atoms with Crippen LogP contribution >= 0.6 is 0 Å². The van der Waals surface area contributed by atoms with Crippen molar-refractivity contribution in [1.29, 1.82) is 0 Å². The van der Waals surface area contributed by atoms with Crippen molar-refractivity contribution in [3.05, 3.63) is 29.7 Å². The van der Waals surface area contributed by atoms with Crippen molar-refractivity contribution in [2.24, 2.45) is 11.5 Å². The van der Waals surface area contributed by atoms with Crippen LogP contribution < -0.4 is 11.5 Å². The molecular weight excluding hydrogens is 312 g/mol. The summed E-state index contributed by atoms with van der Waals surface area (Å²) in [6.45, 7) is 11.7. The number of carbonyl (C=O) groups is 2. The van der Waals surface area contributed by atoms with Crippen molar-refractivity contribution < 1.29 is 14.0 Å². The van der Waals surface area contributed by atoms with E-state index in [9.17, 15) is 9.59 Å². The zero-order chi connectivity index (χ0) is 18.7. The Morgan fingerprint density at radius 2 is 1.62 bits per heavy atom. The number of nitrogens with two attached hydrogens (primary N) is 2. The minimum Gasteiger partial charge on any atom is -0.416 e. The number of primary amides is 2. The Kier molecular flexibility index (Phi) is 5.49. The molecule has 0 aliphatic carbocycles. The summed E-state index contributed by atoms with van der Waals surface area (Å²) in [7, 11) is 0. The smallest absolute Gasteiger partial charge is 0.306 e. The number of hydrogen-bond donors (Lipinski definition) is 2. The SMILES string of the molecule is CC(C)(C)c1nnc(C(N)=O)o1.CC(C)(C)n1cc(C(N)=O)cn1. The number of nitrogens with zero attached hydrogens (tertiary/aromatic N) is 4. The van der Waals surface area contributed by atoms with Crippen molar-refractivity contribution in [2.75, 3.05) is 0 Å². The van der Waals surface area contributed by atoms with Gasteiger partial charge in [-0.1, -0.05) is 20.8 Å². The van der Waals surface area contributed by atoms with Gasteiger partial charge in [0.25, 0.3) is 5.91 Å². The Morgan fingerprint density at radius 1 is 1.04 bits per heavy atom. The Balaban J connectivity index is 0.000000240. The fourth-order valence-corrected chi connectivity index (χ4v) is 1.44. The van der Waals surface area contributed by atoms with Gasteiger partial charge in [0, 0.05) is 11.6 Å². The van der Waals surface area contributed by atoms with Crippen LogP contribution in [0.5, 0.6) is 0 Å². The van der Waals surface area contributed by atoms with E-state index in [0.29, 0.717) is 11.5 Å². The molecule has 24 heavy (non-hydrogen) atoms. The Hall–Kier alpha value is -2.71. The Labute approximate surface area is 140 Å². The number of rotatable bonds is 2. The van der Waals surface area contributed by atoms with E-state index >= 15 is 0 Å². The molecule has 0 radical (unpaired) electrons. The standard InChI is InChI=1S/C8H13N3O.C7H11N3O2/c1-8(2,3)11-5-6(4-10-11)7(9)12;1-7(2,3)6-10-9-5(12-6)4(8)11/h4-5H,1-3H3,(H2,9,12);1-3H3,(H2,8,11). The molecule has 4 N–H and O–H groups in total. The highest BCUT2D eigenvalue weighted by Crippen LogP contribution is 2.19. The zero-order valence-electron chi connectivity index (χ0n) is 14.8. The average molecular weight is 336 g/mol. The maximum absolute atomic E-state index is 10.7. The van der Waals surface area contributed by atoms with Gasteiger partial charge in [0.05, 0.1) is 17.3 Å². The summed E-state index contributed by atoms with van der Waals surface area (Å²) in [6.07, 6.45) is 3.13. The first kappa shape index (κ1) is 19.3. The number of carbonyl (C=O) groups excluding carboxylic acids is 2. The lowest BCUT2D eigenvalue weighted by Gasteiger charge is -2.18. The first-order valence-corrected chi connectivity index (χ1v) is 7.31. The van der Waals surface area contributed by atoms with Gasteiger partial charge in [0.1, 0.15) is 0 Å². The maximum Gasteiger partial charge on any atom is 0.306 e. The van der Waals surface area contributed by atoms with Crippen molar-refractivity contribution in [1.82, 2.24) is 20.0 Å². The topological polar surface area (TPSA) is 143 Å². The Bertz CT molecular complexity index is 656. The van der Waals surface area contributed by atoms with Crippen molar-refractivity contribution in [3.8, 4) is 0 Å². The van der Waals surface area contributed by atoms with Crippen LogP contribution in [0.1, 0.15) is 68.5 Å². The minimum atomic E-state index is -0.696. The van der Waals surface area contributed by atoms with E-state index < -0.39 is 11.8 Å². The van der Waals surface area contributed by atoms with E-state index in [2.05, 4.69) is 15.3 Å². The molecule has 2 heterocycles. The van der Waals surface area contributed by atoms with Gasteiger partial charge in [-0.15, -0.1) is 10.2 Å². The number of hydrogen-bond acceptors (Lipinski definition) is 6. The van der Waals surface area contributed by atoms with Crippen molar-refractivity contribution >= 4 is 11.8 Å². The molecular formula is C15H24N6O3. The predicted molar refractivity (Wildman–Crippen MR) is 87.3 cm³/mol. The summed E-state index contributed by atoms with van der Waals surface area (Å²) >= 11 is 0. The first-order valence-electron chi connectivity index (χ1n) is 7.31. The van der Waals surface area contributed by atoms with Gasteiger partial charge in [-0.2, -0.15) is 5.10 Å². The lowest BCUT2D eigenvalue weighted by atomic mass is 9.97. The van der Waals surface area contributed by atoms with Crippen LogP contribution in [0.25, 0.3) is 0 Å². The summed E-state index contributed by atoms with van der Waals surface area (Å²) in [5, 5.41) is 11.2. The monoisotopic (exact) mass is 336 g/mol. The third-order valence-electron chi connectivity index (χ3n) is 2.83. The lowest BCUT2D eigenvalue weighted by molar-refractivity contribution is 0.0962. The van der Waals surface area contributed by atoms with Crippen LogP contribution in [-0.2, 0) is 11.0 Å². The average Bonchev–Trinajstić information content (AvgIpc) is 3.08. The largest absolute Gasteiger partial charge is 0.416 e. The van der Waals surface area contributed by atoms with E-state index in [1.165, 1.54) is 6.20 Å². The minimum absolute atomic E-state index is 0.103. The van der Waals surface area contributed by atoms with Crippen molar-refractivity contribution in [3.63, 3.8) is 0 Å². The molecule has 0 atom stereocenters. The highest BCUT2D eigenvalue weighted by atomic mass is 16.4. The van der Waals surface area contributed by atoms with Crippen LogP contribution in [-0.4, -0.2) is 31.8 Å². The third-order valence-corrected chi connectivity index (χ3v) is 2.83. The van der Waals surface area contributed by atoms with Crippen LogP contribution in [0.15, 0.2) is 16.8 Å². The second kappa shape index (κ2) is 6.81. The van der Waals surface area contributed by atoms with Gasteiger partial charge < -0.3 is 15.9 Å². The molecule has 0 spiro atoms. The molecule has 0 aliphatic heterocycles. The van der Waals surface area contributed by atoms with Crippen LogP contribution in [0.2, 0.25) is 0 Å². The second-order valence-electron chi connectivity index (χ2n) is 7.24. The lowest BCUT2D eigenvalue weighted by Crippen LogP contribution is -2.22. The van der Waals surface area contributed by atoms with Crippen LogP contribution in [0.3, 0.4) is 0 Å². The van der Waals surface area contributed by atoms with Gasteiger partial charge in [-0.3, -0.25) is 14.3 Å². The van der Waals surface area contributed by atoms with Gasteiger partial charge in [0.15, 0.2) is 0 Å². The fraction of sp³-hybridized carbons (Fsp3) is 0.533. The summed E-state index contributed by atoms with van der Waals surface area (Å²) in [4.78, 5) is 21.3. The van der Waals surface area contributed by atoms with Crippen LogP contribution in [0, 0.1) is 0 Å². The molecule has 2 aromatic heterocycles. The second-order valence-corrected chi connectivity index (χ2v) is 7.24. The van der Waals surface area contributed by atoms with Gasteiger partial charge in [-0.25, -0.2) is 0 Å². The summed E-state index contributed by atoms with van der Waals surface area (Å²) < 4.78 is 6.73. The highest BCUT2D eigenvalue weighted by molar-refractivity contribution is 5.92. The molecule has 0 aliphatic rings. The van der Waals surface area contributed by atoms with E-state index in [0.717, 1.165) is 0 Å². The van der Waals surface area contributed by atoms with E-state index in [4.69, 9.17) is 15.9 Å². The maximum atomic E-state index is 10.7. The number of amides is 2. The summed E-state index contributed by atoms with van der Waals surface area (Å²) in [6, 6.07) is 0. The molecule has 9 heteroatoms. The molecule has 2 rings (SSSR count). The molecule has 2 amide bonds. The molecule has 0 fully saturated rings. The molecule has 0 saturated carbocycles. The van der Waals surface area contributed by atoms with Gasteiger partial charge >= 0.3 is 11.8 Å². The quantitative estimate of drug-likeness (QED) is 0.843. The third kappa shape index (κ3) is 5.18. The highest BCUT2D eigenvalue weighted by Gasteiger charge is 2.22. The zero-order valence-corrected chi connectivity index (χ0v) is 14.8. The van der Waals surface area contributed by atoms with E-state index in [1.54, 1.807) is 10.9 Å². The predicted octanol–water partition coefficient (Wildman–Crippen LogP) is 1.20. The van der Waals surface area contributed by atoms with E-state index in [-0.39, 0.29) is 16.8 Å². The van der Waals surface area contributed by atoms with Gasteiger partial charge in [-0.05, 0) is 20.8 Å². The van der Waals surface area contributed by atoms with Gasteiger partial charge in [0.2, 0.25) is 5.89 Å². The summed E-state index contributed by atoms with van der Waals surface area (Å²) in [5.41, 5.74) is 10.1. The molecule has 0 bridgehead atoms. The normalized spacial score (nSPS) is 11.6. The molecule has 0 aromatic carbocycles. The van der Waals surface area contributed by atoms with Crippen LogP contribution in [0.4, 0.5) is 0 Å². The Morgan fingerprint density at radius 3 is 1.88 bits per heavy atom. The number of aromatic nitrogens is 4. The first-order chi connectivity index (χ1) is 10.8. The molecule has 0 saturated heterocycles. The molecule has 132 valence electrons. The summed E-state index contributed by atoms with van der Waals surface area (Å²) in [5.74, 6) is -0.861. The van der Waals surface area contributed by atoms with Crippen molar-refractivity contribution in [2.45, 2.75) is 52.5 Å².